The Morgan fingerprint density at radius 3 is 2.32 bits per heavy atom. The van der Waals surface area contributed by atoms with Crippen LogP contribution in [0.2, 0.25) is 0 Å². The van der Waals surface area contributed by atoms with Crippen molar-refractivity contribution < 1.29 is 13.6 Å². The second-order valence-corrected chi connectivity index (χ2v) is 7.72. The van der Waals surface area contributed by atoms with E-state index in [1.165, 1.54) is 11.8 Å². The fraction of sp³-hybridized carbons (Fsp3) is 0.385. The van der Waals surface area contributed by atoms with Crippen LogP contribution in [0.5, 0.6) is 6.01 Å². The summed E-state index contributed by atoms with van der Waals surface area (Å²) >= 11 is 6.86. The summed E-state index contributed by atoms with van der Waals surface area (Å²) in [6.45, 7) is 1.62. The molecule has 22 heavy (non-hydrogen) atoms. The Morgan fingerprint density at radius 1 is 1.14 bits per heavy atom. The summed E-state index contributed by atoms with van der Waals surface area (Å²) in [5.41, 5.74) is 0.890. The van der Waals surface area contributed by atoms with Crippen LogP contribution in [0.4, 0.5) is 0 Å². The third-order valence-corrected chi connectivity index (χ3v) is 5.59. The average molecular weight is 359 g/mol. The van der Waals surface area contributed by atoms with Gasteiger partial charge in [0.2, 0.25) is 0 Å². The van der Waals surface area contributed by atoms with Gasteiger partial charge in [-0.2, -0.15) is 0 Å². The smallest absolute Gasteiger partial charge is 0.382 e. The summed E-state index contributed by atoms with van der Waals surface area (Å²) < 4.78 is 18.6. The van der Waals surface area contributed by atoms with E-state index in [1.807, 2.05) is 50.4 Å². The molecule has 0 aliphatic heterocycles. The zero-order valence-corrected chi connectivity index (χ0v) is 15.2. The van der Waals surface area contributed by atoms with Gasteiger partial charge in [-0.3, -0.25) is 9.05 Å². The Hall–Kier alpha value is -0.920. The third-order valence-electron chi connectivity index (χ3n) is 2.57. The predicted octanol–water partition coefficient (Wildman–Crippen LogP) is 3.67. The maximum Gasteiger partial charge on any atom is 0.382 e. The first-order chi connectivity index (χ1) is 10.6. The lowest BCUT2D eigenvalue weighted by atomic mass is 10.3. The summed E-state index contributed by atoms with van der Waals surface area (Å²) in [6.07, 6.45) is 1.93. The second kappa shape index (κ2) is 8.08. The molecule has 6 nitrogen and oxygen atoms in total. The van der Waals surface area contributed by atoms with Gasteiger partial charge in [-0.1, -0.05) is 35.1 Å². The lowest BCUT2D eigenvalue weighted by Gasteiger charge is -2.20. The number of rotatable bonds is 8. The molecule has 0 radical (unpaired) electrons. The standard InChI is InChI=1S/C13H18N3O3PS2/c1-4-17-20(21,18-5-2)19-12-14-15-13(22-3)16(12)11-9-7-6-8-10-11/h6-10H,4-5H2,1-3H3. The van der Waals surface area contributed by atoms with Gasteiger partial charge in [0.25, 0.3) is 0 Å². The van der Waals surface area contributed by atoms with Gasteiger partial charge in [-0.25, -0.2) is 4.57 Å². The largest absolute Gasteiger partial charge is 0.389 e. The zero-order valence-electron chi connectivity index (χ0n) is 12.6. The van der Waals surface area contributed by atoms with Gasteiger partial charge in [-0.05, 0) is 32.2 Å². The Balaban J connectivity index is 2.40. The van der Waals surface area contributed by atoms with Crippen LogP contribution in [-0.2, 0) is 20.9 Å². The number of hydrogen-bond acceptors (Lipinski definition) is 7. The van der Waals surface area contributed by atoms with Crippen LogP contribution < -0.4 is 4.52 Å². The van der Waals surface area contributed by atoms with E-state index in [1.54, 1.807) is 4.57 Å². The molecule has 0 amide bonds. The van der Waals surface area contributed by atoms with Gasteiger partial charge >= 0.3 is 12.7 Å². The number of nitrogens with zero attached hydrogens (tertiary/aromatic N) is 3. The number of para-hydroxylation sites is 1. The van der Waals surface area contributed by atoms with Crippen molar-refractivity contribution in [3.8, 4) is 11.7 Å². The van der Waals surface area contributed by atoms with Crippen molar-refractivity contribution in [2.75, 3.05) is 19.5 Å². The van der Waals surface area contributed by atoms with Crippen molar-refractivity contribution in [3.63, 3.8) is 0 Å². The Kier molecular flexibility index (Phi) is 6.40. The quantitative estimate of drug-likeness (QED) is 0.526. The molecule has 120 valence electrons. The van der Waals surface area contributed by atoms with E-state index >= 15 is 0 Å². The fourth-order valence-electron chi connectivity index (χ4n) is 1.75. The van der Waals surface area contributed by atoms with Crippen molar-refractivity contribution in [1.82, 2.24) is 14.8 Å². The van der Waals surface area contributed by atoms with E-state index in [0.29, 0.717) is 18.4 Å². The molecule has 0 fully saturated rings. The second-order valence-electron chi connectivity index (χ2n) is 4.01. The molecule has 0 unspecified atom stereocenters. The van der Waals surface area contributed by atoms with Crippen LogP contribution in [-0.4, -0.2) is 34.2 Å². The van der Waals surface area contributed by atoms with Gasteiger partial charge < -0.3 is 4.52 Å². The van der Waals surface area contributed by atoms with E-state index in [9.17, 15) is 0 Å². The van der Waals surface area contributed by atoms with E-state index in [0.717, 1.165) is 5.69 Å². The van der Waals surface area contributed by atoms with E-state index in [4.69, 9.17) is 25.4 Å². The minimum absolute atomic E-state index is 0.279. The van der Waals surface area contributed by atoms with E-state index in [-0.39, 0.29) is 6.01 Å². The lowest BCUT2D eigenvalue weighted by molar-refractivity contribution is 0.212. The third kappa shape index (κ3) is 4.08. The first-order valence-electron chi connectivity index (χ1n) is 6.77. The molecule has 0 saturated carbocycles. The van der Waals surface area contributed by atoms with Crippen LogP contribution in [0, 0.1) is 0 Å². The van der Waals surface area contributed by atoms with Gasteiger partial charge in [0.05, 0.1) is 18.9 Å². The molecular weight excluding hydrogens is 341 g/mol. The van der Waals surface area contributed by atoms with Crippen molar-refractivity contribution in [2.45, 2.75) is 19.0 Å². The summed E-state index contributed by atoms with van der Waals surface area (Å²) in [7, 11) is 0. The monoisotopic (exact) mass is 359 g/mol. The SMILES string of the molecule is CCOP(=S)(OCC)Oc1nnc(SC)n1-c1ccccc1. The van der Waals surface area contributed by atoms with Gasteiger partial charge in [-0.15, -0.1) is 5.10 Å². The summed E-state index contributed by atoms with van der Waals surface area (Å²) in [5, 5.41) is 8.92. The van der Waals surface area contributed by atoms with Gasteiger partial charge in [0.15, 0.2) is 5.16 Å². The summed E-state index contributed by atoms with van der Waals surface area (Å²) in [4.78, 5) is 0. The number of benzene rings is 1. The molecule has 0 bridgehead atoms. The van der Waals surface area contributed by atoms with Crippen molar-refractivity contribution in [2.24, 2.45) is 0 Å². The highest BCUT2D eigenvalue weighted by atomic mass is 32.5. The number of hydrogen-bond donors (Lipinski definition) is 0. The molecule has 1 heterocycles. The Labute approximate surface area is 139 Å². The Bertz CT molecular complexity index is 641. The molecule has 0 aliphatic rings. The molecule has 0 N–H and O–H groups in total. The number of thioether (sulfide) groups is 1. The maximum absolute atomic E-state index is 5.81. The average Bonchev–Trinajstić information content (AvgIpc) is 2.90. The van der Waals surface area contributed by atoms with E-state index < -0.39 is 6.72 Å². The molecule has 2 aromatic rings. The molecule has 0 aliphatic carbocycles. The highest BCUT2D eigenvalue weighted by Crippen LogP contribution is 2.49. The van der Waals surface area contributed by atoms with E-state index in [2.05, 4.69) is 10.2 Å². The highest BCUT2D eigenvalue weighted by Gasteiger charge is 2.26. The fourth-order valence-corrected chi connectivity index (χ4v) is 4.20. The summed E-state index contributed by atoms with van der Waals surface area (Å²) in [6, 6.07) is 9.98. The van der Waals surface area contributed by atoms with Crippen LogP contribution in [0.1, 0.15) is 13.8 Å². The first-order valence-corrected chi connectivity index (χ1v) is 10.5. The predicted molar refractivity (Wildman–Crippen MR) is 91.3 cm³/mol. The number of aromatic nitrogens is 3. The molecular formula is C13H18N3O3PS2. The maximum atomic E-state index is 5.81. The van der Waals surface area contributed by atoms with Crippen molar-refractivity contribution in [3.05, 3.63) is 30.3 Å². The lowest BCUT2D eigenvalue weighted by Crippen LogP contribution is -2.06. The molecule has 2 rings (SSSR count). The highest BCUT2D eigenvalue weighted by molar-refractivity contribution is 8.07. The minimum atomic E-state index is -2.89. The van der Waals surface area contributed by atoms with Crippen LogP contribution in [0.3, 0.4) is 0 Å². The minimum Gasteiger partial charge on any atom is -0.389 e. The van der Waals surface area contributed by atoms with Crippen LogP contribution in [0.25, 0.3) is 5.69 Å². The van der Waals surface area contributed by atoms with Crippen LogP contribution in [0.15, 0.2) is 35.5 Å². The normalized spacial score (nSPS) is 11.6. The topological polar surface area (TPSA) is 58.4 Å². The molecule has 1 aromatic carbocycles. The molecule has 9 heteroatoms. The van der Waals surface area contributed by atoms with Crippen LogP contribution >= 0.6 is 18.5 Å². The molecule has 1 aromatic heterocycles. The summed E-state index contributed by atoms with van der Waals surface area (Å²) in [5.74, 6) is 0. The first kappa shape index (κ1) is 17.4. The molecule has 0 saturated heterocycles. The van der Waals surface area contributed by atoms with Gasteiger partial charge in [0.1, 0.15) is 0 Å². The zero-order chi connectivity index (χ0) is 16.0. The van der Waals surface area contributed by atoms with Crippen molar-refractivity contribution in [1.29, 1.82) is 0 Å². The molecule has 0 spiro atoms. The Morgan fingerprint density at radius 2 is 1.77 bits per heavy atom. The van der Waals surface area contributed by atoms with Crippen molar-refractivity contribution >= 4 is 30.3 Å². The molecule has 0 atom stereocenters. The van der Waals surface area contributed by atoms with Gasteiger partial charge in [0, 0.05) is 11.8 Å².